The smallest absolute Gasteiger partial charge is 0.315 e. The predicted molar refractivity (Wildman–Crippen MR) is 72.9 cm³/mol. The number of hydrogen-bond donors (Lipinski definition) is 3. The Kier molecular flexibility index (Phi) is 4.36. The average Bonchev–Trinajstić information content (AvgIpc) is 2.82. The van der Waals surface area contributed by atoms with Gasteiger partial charge in [0, 0.05) is 36.6 Å². The molecule has 2 aliphatic rings. The minimum absolute atomic E-state index is 0.0111. The van der Waals surface area contributed by atoms with Crippen molar-refractivity contribution >= 4 is 6.03 Å². The molecule has 19 heavy (non-hydrogen) atoms. The number of ether oxygens (including phenoxy) is 1. The number of hydrogen-bond acceptors (Lipinski definition) is 3. The van der Waals surface area contributed by atoms with E-state index in [9.17, 15) is 4.79 Å². The summed E-state index contributed by atoms with van der Waals surface area (Å²) >= 11 is 0. The average molecular weight is 270 g/mol. The number of fused-ring (bicyclic) bond motifs is 1. The maximum atomic E-state index is 12.0. The molecule has 1 aliphatic heterocycles. The van der Waals surface area contributed by atoms with Gasteiger partial charge in [0.15, 0.2) is 0 Å². The van der Waals surface area contributed by atoms with Crippen LogP contribution in [0.4, 0.5) is 4.79 Å². The molecule has 1 saturated carbocycles. The van der Waals surface area contributed by atoms with Gasteiger partial charge in [0.2, 0.25) is 0 Å². The highest BCUT2D eigenvalue weighted by Crippen LogP contribution is 2.52. The number of aliphatic hydroxyl groups excluding tert-OH is 1. The summed E-state index contributed by atoms with van der Waals surface area (Å²) in [6, 6.07) is 0.110. The number of carbonyl (C=O) groups is 1. The maximum Gasteiger partial charge on any atom is 0.315 e. The molecular weight excluding hydrogens is 244 g/mol. The van der Waals surface area contributed by atoms with E-state index < -0.39 is 0 Å². The van der Waals surface area contributed by atoms with Crippen molar-refractivity contribution in [2.75, 3.05) is 13.2 Å². The largest absolute Gasteiger partial charge is 0.396 e. The van der Waals surface area contributed by atoms with Gasteiger partial charge in [-0.15, -0.1) is 0 Å². The molecule has 0 spiro atoms. The lowest BCUT2D eigenvalue weighted by molar-refractivity contribution is -0.108. The van der Waals surface area contributed by atoms with Crippen molar-refractivity contribution in [1.29, 1.82) is 0 Å². The van der Waals surface area contributed by atoms with Crippen LogP contribution >= 0.6 is 0 Å². The fraction of sp³-hybridized carbons (Fsp3) is 0.929. The van der Waals surface area contributed by atoms with Crippen molar-refractivity contribution in [2.45, 2.75) is 58.2 Å². The Labute approximate surface area is 115 Å². The molecule has 1 heterocycles. The van der Waals surface area contributed by atoms with Gasteiger partial charge in [0.1, 0.15) is 0 Å². The SMILES string of the molecule is CCC(CCO)NC(=O)NC1C2CCOC2C1(C)C. The summed E-state index contributed by atoms with van der Waals surface area (Å²) in [7, 11) is 0. The number of nitrogens with one attached hydrogen (secondary N) is 2. The van der Waals surface area contributed by atoms with Crippen molar-refractivity contribution in [2.24, 2.45) is 11.3 Å². The summed E-state index contributed by atoms with van der Waals surface area (Å²) in [6.45, 7) is 7.21. The van der Waals surface area contributed by atoms with Crippen LogP contribution in [0.1, 0.15) is 40.0 Å². The van der Waals surface area contributed by atoms with Crippen molar-refractivity contribution in [1.82, 2.24) is 10.6 Å². The Bertz CT molecular complexity index is 333. The van der Waals surface area contributed by atoms with Gasteiger partial charge >= 0.3 is 6.03 Å². The highest BCUT2D eigenvalue weighted by Gasteiger charge is 2.59. The Morgan fingerprint density at radius 2 is 2.26 bits per heavy atom. The molecule has 2 amide bonds. The number of carbonyl (C=O) groups excluding carboxylic acids is 1. The van der Waals surface area contributed by atoms with Crippen molar-refractivity contribution < 1.29 is 14.6 Å². The second kappa shape index (κ2) is 5.67. The first-order valence-corrected chi connectivity index (χ1v) is 7.30. The van der Waals surface area contributed by atoms with Crippen LogP contribution in [0.25, 0.3) is 0 Å². The summed E-state index contributed by atoms with van der Waals surface area (Å²) in [5, 5.41) is 15.0. The van der Waals surface area contributed by atoms with E-state index in [1.807, 2.05) is 6.92 Å². The van der Waals surface area contributed by atoms with E-state index in [1.165, 1.54) is 0 Å². The van der Waals surface area contributed by atoms with Crippen molar-refractivity contribution in [3.8, 4) is 0 Å². The van der Waals surface area contributed by atoms with Crippen LogP contribution in [0.3, 0.4) is 0 Å². The van der Waals surface area contributed by atoms with E-state index >= 15 is 0 Å². The van der Waals surface area contributed by atoms with E-state index in [1.54, 1.807) is 0 Å². The first-order chi connectivity index (χ1) is 9.00. The molecule has 0 aromatic rings. The van der Waals surface area contributed by atoms with Crippen LogP contribution in [-0.4, -0.2) is 42.5 Å². The molecule has 2 rings (SSSR count). The first kappa shape index (κ1) is 14.6. The second-order valence-electron chi connectivity index (χ2n) is 6.28. The summed E-state index contributed by atoms with van der Waals surface area (Å²) in [6.07, 6.45) is 2.76. The molecule has 110 valence electrons. The lowest BCUT2D eigenvalue weighted by atomic mass is 9.57. The summed E-state index contributed by atoms with van der Waals surface area (Å²) in [4.78, 5) is 12.0. The van der Waals surface area contributed by atoms with E-state index in [4.69, 9.17) is 9.84 Å². The second-order valence-corrected chi connectivity index (χ2v) is 6.28. The monoisotopic (exact) mass is 270 g/mol. The molecule has 2 fully saturated rings. The van der Waals surface area contributed by atoms with Crippen molar-refractivity contribution in [3.05, 3.63) is 0 Å². The lowest BCUT2D eigenvalue weighted by Gasteiger charge is -2.54. The molecular formula is C14H26N2O3. The molecule has 4 atom stereocenters. The highest BCUT2D eigenvalue weighted by molar-refractivity contribution is 5.75. The van der Waals surface area contributed by atoms with Gasteiger partial charge in [0.05, 0.1) is 6.10 Å². The fourth-order valence-electron chi connectivity index (χ4n) is 3.52. The number of aliphatic hydroxyl groups is 1. The van der Waals surface area contributed by atoms with Crippen LogP contribution < -0.4 is 10.6 Å². The molecule has 3 N–H and O–H groups in total. The minimum atomic E-state index is -0.122. The zero-order valence-electron chi connectivity index (χ0n) is 12.1. The molecule has 1 aliphatic carbocycles. The van der Waals surface area contributed by atoms with Gasteiger partial charge in [-0.1, -0.05) is 20.8 Å². The van der Waals surface area contributed by atoms with E-state index in [-0.39, 0.29) is 36.2 Å². The zero-order chi connectivity index (χ0) is 14.0. The van der Waals surface area contributed by atoms with Crippen LogP contribution in [0.15, 0.2) is 0 Å². The first-order valence-electron chi connectivity index (χ1n) is 7.30. The van der Waals surface area contributed by atoms with Gasteiger partial charge in [-0.25, -0.2) is 4.79 Å². The van der Waals surface area contributed by atoms with Gasteiger partial charge in [-0.3, -0.25) is 0 Å². The molecule has 0 aromatic carbocycles. The third kappa shape index (κ3) is 2.72. The van der Waals surface area contributed by atoms with Crippen LogP contribution in [-0.2, 0) is 4.74 Å². The number of amides is 2. The van der Waals surface area contributed by atoms with E-state index in [0.717, 1.165) is 19.4 Å². The van der Waals surface area contributed by atoms with Crippen LogP contribution in [0, 0.1) is 11.3 Å². The fourth-order valence-corrected chi connectivity index (χ4v) is 3.52. The maximum absolute atomic E-state index is 12.0. The van der Waals surface area contributed by atoms with Crippen molar-refractivity contribution in [3.63, 3.8) is 0 Å². The molecule has 1 saturated heterocycles. The standard InChI is InChI=1S/C14H26N2O3/c1-4-9(5-7-17)15-13(18)16-11-10-6-8-19-12(10)14(11,2)3/h9-12,17H,4-8H2,1-3H3,(H2,15,16,18). The Hall–Kier alpha value is -0.810. The summed E-state index contributed by atoms with van der Waals surface area (Å²) in [5.74, 6) is 0.457. The van der Waals surface area contributed by atoms with Gasteiger partial charge in [-0.05, 0) is 19.3 Å². The predicted octanol–water partition coefficient (Wildman–Crippen LogP) is 1.26. The zero-order valence-corrected chi connectivity index (χ0v) is 12.1. The number of rotatable bonds is 5. The Morgan fingerprint density at radius 1 is 1.53 bits per heavy atom. The highest BCUT2D eigenvalue weighted by atomic mass is 16.5. The quantitative estimate of drug-likeness (QED) is 0.704. The van der Waals surface area contributed by atoms with Crippen LogP contribution in [0.5, 0.6) is 0 Å². The minimum Gasteiger partial charge on any atom is -0.396 e. The normalized spacial score (nSPS) is 33.2. The van der Waals surface area contributed by atoms with Gasteiger partial charge < -0.3 is 20.5 Å². The molecule has 0 radical (unpaired) electrons. The van der Waals surface area contributed by atoms with Gasteiger partial charge in [-0.2, -0.15) is 0 Å². The lowest BCUT2D eigenvalue weighted by Crippen LogP contribution is -2.68. The molecule has 5 nitrogen and oxygen atoms in total. The number of urea groups is 1. The molecule has 0 bridgehead atoms. The van der Waals surface area contributed by atoms with E-state index in [2.05, 4.69) is 24.5 Å². The van der Waals surface area contributed by atoms with E-state index in [0.29, 0.717) is 12.3 Å². The Morgan fingerprint density at radius 3 is 2.89 bits per heavy atom. The topological polar surface area (TPSA) is 70.6 Å². The summed E-state index contributed by atoms with van der Waals surface area (Å²) < 4.78 is 5.72. The third-order valence-electron chi connectivity index (χ3n) is 4.69. The van der Waals surface area contributed by atoms with Gasteiger partial charge in [0.25, 0.3) is 0 Å². The summed E-state index contributed by atoms with van der Waals surface area (Å²) in [5.41, 5.74) is 0.0111. The Balaban J connectivity index is 1.85. The molecule has 0 aromatic heterocycles. The molecule has 4 unspecified atom stereocenters. The van der Waals surface area contributed by atoms with Crippen LogP contribution in [0.2, 0.25) is 0 Å². The molecule has 5 heteroatoms. The third-order valence-corrected chi connectivity index (χ3v) is 4.69.